The van der Waals surface area contributed by atoms with Gasteiger partial charge in [-0.2, -0.15) is 0 Å². The molecule has 0 bridgehead atoms. The number of nitrogens with one attached hydrogen (secondary N) is 1. The van der Waals surface area contributed by atoms with Gasteiger partial charge in [-0.15, -0.1) is 11.3 Å². The van der Waals surface area contributed by atoms with Gasteiger partial charge in [0.1, 0.15) is 5.00 Å². The van der Waals surface area contributed by atoms with E-state index in [-0.39, 0.29) is 5.91 Å². The summed E-state index contributed by atoms with van der Waals surface area (Å²) in [5, 5.41) is 3.37. The summed E-state index contributed by atoms with van der Waals surface area (Å²) in [5.74, 6) is 0.714. The van der Waals surface area contributed by atoms with Crippen LogP contribution >= 0.6 is 11.3 Å². The first-order valence-corrected chi connectivity index (χ1v) is 10.4. The Morgan fingerprint density at radius 1 is 1.00 bits per heavy atom. The fourth-order valence-electron chi connectivity index (χ4n) is 3.50. The van der Waals surface area contributed by atoms with Gasteiger partial charge in [0, 0.05) is 11.0 Å². The Balaban J connectivity index is 1.83. The molecule has 0 saturated carbocycles. The fraction of sp³-hybridized carbons (Fsp3) is 0.364. The molecule has 8 heteroatoms. The van der Waals surface area contributed by atoms with E-state index in [2.05, 4.69) is 5.32 Å². The number of methoxy groups -OCH3 is 4. The molecule has 2 aromatic rings. The number of carbonyl (C=O) groups is 2. The van der Waals surface area contributed by atoms with Gasteiger partial charge in [0.15, 0.2) is 11.5 Å². The Kier molecular flexibility index (Phi) is 6.99. The van der Waals surface area contributed by atoms with Gasteiger partial charge in [-0.3, -0.25) is 4.79 Å². The molecular formula is C22H25NO6S. The number of hydrogen-bond acceptors (Lipinski definition) is 7. The maximum Gasteiger partial charge on any atom is 0.341 e. The van der Waals surface area contributed by atoms with E-state index in [0.29, 0.717) is 33.4 Å². The highest BCUT2D eigenvalue weighted by molar-refractivity contribution is 7.17. The maximum absolute atomic E-state index is 12.6. The number of rotatable bonds is 7. The summed E-state index contributed by atoms with van der Waals surface area (Å²) in [6.45, 7) is 0. The van der Waals surface area contributed by atoms with Crippen molar-refractivity contribution in [3.63, 3.8) is 0 Å². The van der Waals surface area contributed by atoms with Crippen molar-refractivity contribution in [1.82, 2.24) is 0 Å². The highest BCUT2D eigenvalue weighted by atomic mass is 32.1. The summed E-state index contributed by atoms with van der Waals surface area (Å²) in [6, 6.07) is 3.49. The summed E-state index contributed by atoms with van der Waals surface area (Å²) in [5.41, 5.74) is 2.19. The van der Waals surface area contributed by atoms with Crippen molar-refractivity contribution < 1.29 is 28.5 Å². The maximum atomic E-state index is 12.6. The third kappa shape index (κ3) is 4.43. The number of esters is 1. The molecule has 0 radical (unpaired) electrons. The van der Waals surface area contributed by atoms with Gasteiger partial charge in [-0.25, -0.2) is 4.79 Å². The molecule has 1 aromatic heterocycles. The number of thiophene rings is 1. The van der Waals surface area contributed by atoms with E-state index in [0.717, 1.165) is 36.1 Å². The van der Waals surface area contributed by atoms with Crippen LogP contribution < -0.4 is 19.5 Å². The molecule has 1 amide bonds. The molecule has 3 rings (SSSR count). The van der Waals surface area contributed by atoms with Gasteiger partial charge < -0.3 is 24.3 Å². The minimum absolute atomic E-state index is 0.340. The van der Waals surface area contributed by atoms with Crippen molar-refractivity contribution in [3.8, 4) is 17.2 Å². The lowest BCUT2D eigenvalue weighted by Gasteiger charge is -2.12. The van der Waals surface area contributed by atoms with E-state index in [1.165, 1.54) is 45.9 Å². The Hall–Kier alpha value is -3.00. The van der Waals surface area contributed by atoms with Crippen LogP contribution in [-0.4, -0.2) is 40.3 Å². The number of fused-ring (bicyclic) bond motifs is 1. The van der Waals surface area contributed by atoms with Gasteiger partial charge in [0.05, 0.1) is 34.0 Å². The Bertz CT molecular complexity index is 953. The first-order chi connectivity index (χ1) is 14.5. The summed E-state index contributed by atoms with van der Waals surface area (Å²) in [6.07, 6.45) is 6.91. The first kappa shape index (κ1) is 21.7. The monoisotopic (exact) mass is 431 g/mol. The second-order valence-corrected chi connectivity index (χ2v) is 7.79. The molecule has 1 heterocycles. The van der Waals surface area contributed by atoms with E-state index in [1.807, 2.05) is 0 Å². The summed E-state index contributed by atoms with van der Waals surface area (Å²) in [7, 11) is 5.95. The smallest absolute Gasteiger partial charge is 0.341 e. The standard InChI is InChI=1S/C22H25NO6S/c1-26-15-11-13(12-16(27-2)20(15)28-3)9-10-18(24)23-21-19(22(25)29-4)14-7-5-6-8-17(14)30-21/h9-12H,5-8H2,1-4H3,(H,23,24). The fourth-order valence-corrected chi connectivity index (χ4v) is 4.78. The predicted molar refractivity (Wildman–Crippen MR) is 116 cm³/mol. The lowest BCUT2D eigenvalue weighted by Crippen LogP contribution is -2.13. The van der Waals surface area contributed by atoms with E-state index < -0.39 is 5.97 Å². The second-order valence-electron chi connectivity index (χ2n) is 6.69. The zero-order valence-corrected chi connectivity index (χ0v) is 18.3. The Labute approximate surface area is 179 Å². The van der Waals surface area contributed by atoms with E-state index >= 15 is 0 Å². The average molecular weight is 432 g/mol. The average Bonchev–Trinajstić information content (AvgIpc) is 3.13. The number of ether oxygens (including phenoxy) is 4. The minimum atomic E-state index is -0.418. The number of hydrogen-bond donors (Lipinski definition) is 1. The minimum Gasteiger partial charge on any atom is -0.493 e. The summed E-state index contributed by atoms with van der Waals surface area (Å²) >= 11 is 1.45. The third-order valence-electron chi connectivity index (χ3n) is 4.91. The normalized spacial score (nSPS) is 12.9. The highest BCUT2D eigenvalue weighted by Crippen LogP contribution is 2.39. The Morgan fingerprint density at radius 3 is 2.27 bits per heavy atom. The lowest BCUT2D eigenvalue weighted by molar-refractivity contribution is -0.111. The molecule has 0 saturated heterocycles. The summed E-state index contributed by atoms with van der Waals surface area (Å²) < 4.78 is 20.9. The molecule has 1 aromatic carbocycles. The van der Waals surface area contributed by atoms with Crippen molar-refractivity contribution >= 4 is 34.3 Å². The topological polar surface area (TPSA) is 83.1 Å². The second kappa shape index (κ2) is 9.67. The zero-order chi connectivity index (χ0) is 21.7. The van der Waals surface area contributed by atoms with Gasteiger partial charge in [-0.1, -0.05) is 0 Å². The van der Waals surface area contributed by atoms with Crippen LogP contribution in [0.3, 0.4) is 0 Å². The molecule has 160 valence electrons. The van der Waals surface area contributed by atoms with E-state index in [4.69, 9.17) is 18.9 Å². The van der Waals surface area contributed by atoms with Crippen LogP contribution in [-0.2, 0) is 22.4 Å². The highest BCUT2D eigenvalue weighted by Gasteiger charge is 2.26. The van der Waals surface area contributed by atoms with Crippen molar-refractivity contribution in [2.45, 2.75) is 25.7 Å². The third-order valence-corrected chi connectivity index (χ3v) is 6.12. The van der Waals surface area contributed by atoms with Crippen molar-refractivity contribution in [2.75, 3.05) is 33.8 Å². The number of anilines is 1. The summed E-state index contributed by atoms with van der Waals surface area (Å²) in [4.78, 5) is 26.0. The van der Waals surface area contributed by atoms with Crippen molar-refractivity contribution in [3.05, 3.63) is 39.8 Å². The zero-order valence-electron chi connectivity index (χ0n) is 17.5. The quantitative estimate of drug-likeness (QED) is 0.525. The van der Waals surface area contributed by atoms with Crippen LogP contribution in [0.2, 0.25) is 0 Å². The molecule has 1 aliphatic carbocycles. The molecular weight excluding hydrogens is 406 g/mol. The first-order valence-electron chi connectivity index (χ1n) is 9.54. The Morgan fingerprint density at radius 2 is 1.67 bits per heavy atom. The van der Waals surface area contributed by atoms with E-state index in [1.54, 1.807) is 18.2 Å². The van der Waals surface area contributed by atoms with Gasteiger partial charge in [-0.05, 0) is 55.0 Å². The molecule has 0 atom stereocenters. The molecule has 0 unspecified atom stereocenters. The van der Waals surface area contributed by atoms with Crippen LogP contribution in [0.1, 0.15) is 39.2 Å². The van der Waals surface area contributed by atoms with Crippen LogP contribution in [0.25, 0.3) is 6.08 Å². The van der Waals surface area contributed by atoms with Crippen molar-refractivity contribution in [1.29, 1.82) is 0 Å². The number of carbonyl (C=O) groups excluding carboxylic acids is 2. The molecule has 1 aliphatic rings. The number of amides is 1. The lowest BCUT2D eigenvalue weighted by atomic mass is 9.95. The SMILES string of the molecule is COC(=O)c1c(NC(=O)C=Cc2cc(OC)c(OC)c(OC)c2)sc2c1CCCC2. The van der Waals surface area contributed by atoms with Gasteiger partial charge >= 0.3 is 5.97 Å². The predicted octanol–water partition coefficient (Wildman–Crippen LogP) is 4.09. The van der Waals surface area contributed by atoms with Crippen LogP contribution in [0.5, 0.6) is 17.2 Å². The molecule has 1 N–H and O–H groups in total. The molecule has 7 nitrogen and oxygen atoms in total. The number of aryl methyl sites for hydroxylation is 1. The number of benzene rings is 1. The molecule has 0 spiro atoms. The molecule has 0 aliphatic heterocycles. The van der Waals surface area contributed by atoms with Gasteiger partial charge in [0.25, 0.3) is 0 Å². The van der Waals surface area contributed by atoms with Crippen LogP contribution in [0, 0.1) is 0 Å². The molecule has 30 heavy (non-hydrogen) atoms. The van der Waals surface area contributed by atoms with E-state index in [9.17, 15) is 9.59 Å². The van der Waals surface area contributed by atoms with Crippen molar-refractivity contribution in [2.24, 2.45) is 0 Å². The molecule has 0 fully saturated rings. The van der Waals surface area contributed by atoms with Crippen LogP contribution in [0.4, 0.5) is 5.00 Å². The van der Waals surface area contributed by atoms with Gasteiger partial charge in [0.2, 0.25) is 11.7 Å². The van der Waals surface area contributed by atoms with Crippen LogP contribution in [0.15, 0.2) is 18.2 Å². The largest absolute Gasteiger partial charge is 0.493 e.